The molecule has 0 aromatic heterocycles. The zero-order valence-corrected chi connectivity index (χ0v) is 9.47. The Balaban J connectivity index is 2.22. The second-order valence-corrected chi connectivity index (χ2v) is 4.23. The van der Waals surface area contributed by atoms with Gasteiger partial charge in [-0.25, -0.2) is 0 Å². The molecule has 0 radical (unpaired) electrons. The van der Waals surface area contributed by atoms with Gasteiger partial charge in [0.15, 0.2) is 0 Å². The van der Waals surface area contributed by atoms with E-state index in [0.717, 1.165) is 0 Å². The Bertz CT molecular complexity index is 419. The van der Waals surface area contributed by atoms with Gasteiger partial charge in [-0.1, -0.05) is 42.4 Å². The van der Waals surface area contributed by atoms with E-state index in [9.17, 15) is 18.2 Å². The summed E-state index contributed by atoms with van der Waals surface area (Å²) in [6, 6.07) is 8.62. The fraction of sp³-hybridized carbons (Fsp3) is 0.333. The predicted octanol–water partition coefficient (Wildman–Crippen LogP) is 2.90. The van der Waals surface area contributed by atoms with Gasteiger partial charge >= 0.3 is 13.3 Å². The third kappa shape index (κ3) is 3.37. The highest BCUT2D eigenvalue weighted by Gasteiger charge is 2.38. The van der Waals surface area contributed by atoms with Gasteiger partial charge in [0.25, 0.3) is 0 Å². The molecule has 0 amide bonds. The van der Waals surface area contributed by atoms with E-state index in [1.165, 1.54) is 12.1 Å². The molecule has 2 nitrogen and oxygen atoms in total. The van der Waals surface area contributed by atoms with Crippen molar-refractivity contribution in [1.29, 1.82) is 0 Å². The highest BCUT2D eigenvalue weighted by Crippen LogP contribution is 2.38. The second-order valence-electron chi connectivity index (χ2n) is 4.23. The smallest absolute Gasteiger partial charge is 0.423 e. The number of alkyl halides is 3. The summed E-state index contributed by atoms with van der Waals surface area (Å²) in [6.45, 7) is 0. The molecule has 0 saturated heterocycles. The summed E-state index contributed by atoms with van der Waals surface area (Å²) in [5.41, 5.74) is 0.634. The van der Waals surface area contributed by atoms with Gasteiger partial charge in [-0.15, -0.1) is 0 Å². The average molecular weight is 256 g/mol. The Labute approximate surface area is 103 Å². The lowest BCUT2D eigenvalue weighted by Crippen LogP contribution is -2.31. The molecule has 0 bridgehead atoms. The first-order chi connectivity index (χ1) is 8.46. The van der Waals surface area contributed by atoms with Crippen LogP contribution in [0.2, 0.25) is 0 Å². The van der Waals surface area contributed by atoms with Gasteiger partial charge in [-0.2, -0.15) is 13.2 Å². The van der Waals surface area contributed by atoms with Gasteiger partial charge in [0.2, 0.25) is 0 Å². The lowest BCUT2D eigenvalue weighted by atomic mass is 9.79. The van der Waals surface area contributed by atoms with E-state index in [1.807, 2.05) is 0 Å². The molecule has 18 heavy (non-hydrogen) atoms. The van der Waals surface area contributed by atoms with Gasteiger partial charge in [0, 0.05) is 5.92 Å². The summed E-state index contributed by atoms with van der Waals surface area (Å²) in [5.74, 6) is 0.436. The summed E-state index contributed by atoms with van der Waals surface area (Å²) in [6.07, 6.45) is -4.61. The number of benzene rings is 1. The molecule has 0 fully saturated rings. The van der Waals surface area contributed by atoms with Gasteiger partial charge in [0.05, 0.1) is 12.5 Å². The molecule has 1 aliphatic heterocycles. The maximum Gasteiger partial charge on any atom is 0.483 e. The van der Waals surface area contributed by atoms with Crippen molar-refractivity contribution in [3.8, 4) is 0 Å². The summed E-state index contributed by atoms with van der Waals surface area (Å²) in [4.78, 5) is 0. The van der Waals surface area contributed by atoms with Crippen molar-refractivity contribution in [2.45, 2.75) is 18.7 Å². The molecule has 0 unspecified atom stereocenters. The largest absolute Gasteiger partial charge is 0.483 e. The molecular weight excluding hydrogens is 244 g/mol. The normalized spacial score (nSPS) is 24.3. The van der Waals surface area contributed by atoms with Crippen molar-refractivity contribution >= 4 is 7.12 Å². The van der Waals surface area contributed by atoms with Crippen LogP contribution in [0.5, 0.6) is 0 Å². The number of hydrogen-bond acceptors (Lipinski definition) is 2. The average Bonchev–Trinajstić information content (AvgIpc) is 2.31. The van der Waals surface area contributed by atoms with Gasteiger partial charge in [0.1, 0.15) is 0 Å². The van der Waals surface area contributed by atoms with Gasteiger partial charge < -0.3 is 9.68 Å². The molecule has 1 heterocycles. The SMILES string of the molecule is OB1C=C[C@@H](CC(F)(F)F)[C@H](c2ccccc2)O1. The Morgan fingerprint density at radius 3 is 2.50 bits per heavy atom. The summed E-state index contributed by atoms with van der Waals surface area (Å²) >= 11 is 0. The molecule has 0 saturated carbocycles. The van der Waals surface area contributed by atoms with Crippen LogP contribution in [0.4, 0.5) is 13.2 Å². The molecule has 1 aromatic rings. The van der Waals surface area contributed by atoms with Crippen LogP contribution in [-0.4, -0.2) is 18.3 Å². The van der Waals surface area contributed by atoms with Crippen molar-refractivity contribution < 1.29 is 22.8 Å². The van der Waals surface area contributed by atoms with Crippen molar-refractivity contribution in [3.63, 3.8) is 0 Å². The van der Waals surface area contributed by atoms with Crippen LogP contribution in [0.3, 0.4) is 0 Å². The van der Waals surface area contributed by atoms with Gasteiger partial charge in [-0.05, 0) is 5.56 Å². The van der Waals surface area contributed by atoms with Crippen LogP contribution < -0.4 is 0 Å². The quantitative estimate of drug-likeness (QED) is 0.824. The van der Waals surface area contributed by atoms with E-state index < -0.39 is 31.7 Å². The van der Waals surface area contributed by atoms with E-state index in [4.69, 9.17) is 4.65 Å². The van der Waals surface area contributed by atoms with E-state index >= 15 is 0 Å². The molecule has 2 atom stereocenters. The first-order valence-corrected chi connectivity index (χ1v) is 5.59. The highest BCUT2D eigenvalue weighted by atomic mass is 19.4. The monoisotopic (exact) mass is 256 g/mol. The van der Waals surface area contributed by atoms with Crippen LogP contribution in [0.1, 0.15) is 18.1 Å². The van der Waals surface area contributed by atoms with Crippen molar-refractivity contribution in [2.75, 3.05) is 0 Å². The molecule has 96 valence electrons. The van der Waals surface area contributed by atoms with Crippen molar-refractivity contribution in [3.05, 3.63) is 47.9 Å². The Morgan fingerprint density at radius 1 is 1.22 bits per heavy atom. The lowest BCUT2D eigenvalue weighted by Gasteiger charge is -2.30. The Hall–Kier alpha value is -1.27. The minimum absolute atomic E-state index is 0.634. The van der Waals surface area contributed by atoms with Crippen LogP contribution in [-0.2, 0) is 4.65 Å². The fourth-order valence-electron chi connectivity index (χ4n) is 2.05. The van der Waals surface area contributed by atoms with Crippen LogP contribution in [0.15, 0.2) is 42.4 Å². The standard InChI is InChI=1S/C12H12BF3O2/c14-12(15,16)8-10-6-7-13(17)18-11(10)9-4-2-1-3-5-9/h1-7,10-11,17H,8H2/t10-,11-/m0/s1. The third-order valence-corrected chi connectivity index (χ3v) is 2.79. The summed E-state index contributed by atoms with van der Waals surface area (Å²) in [5, 5.41) is 9.37. The number of hydrogen-bond donors (Lipinski definition) is 1. The van der Waals surface area contributed by atoms with E-state index in [-0.39, 0.29) is 0 Å². The van der Waals surface area contributed by atoms with E-state index in [1.54, 1.807) is 30.3 Å². The Kier molecular flexibility index (Phi) is 3.78. The number of rotatable bonds is 2. The molecule has 6 heteroatoms. The zero-order chi connectivity index (χ0) is 13.2. The number of halogens is 3. The summed E-state index contributed by atoms with van der Waals surface area (Å²) in [7, 11) is -1.15. The molecule has 0 aliphatic carbocycles. The second kappa shape index (κ2) is 5.16. The van der Waals surface area contributed by atoms with Crippen molar-refractivity contribution in [2.24, 2.45) is 5.92 Å². The minimum Gasteiger partial charge on any atom is -0.423 e. The maximum absolute atomic E-state index is 12.5. The topological polar surface area (TPSA) is 29.5 Å². The molecule has 1 aliphatic rings. The van der Waals surface area contributed by atoms with Gasteiger partial charge in [-0.3, -0.25) is 0 Å². The van der Waals surface area contributed by atoms with E-state index in [0.29, 0.717) is 5.56 Å². The molecule has 1 N–H and O–H groups in total. The van der Waals surface area contributed by atoms with E-state index in [2.05, 4.69) is 0 Å². The predicted molar refractivity (Wildman–Crippen MR) is 61.5 cm³/mol. The molecule has 2 rings (SSSR count). The molecule has 0 spiro atoms. The lowest BCUT2D eigenvalue weighted by molar-refractivity contribution is -0.148. The first-order valence-electron chi connectivity index (χ1n) is 5.59. The van der Waals surface area contributed by atoms with Crippen molar-refractivity contribution in [1.82, 2.24) is 0 Å². The third-order valence-electron chi connectivity index (χ3n) is 2.79. The fourth-order valence-corrected chi connectivity index (χ4v) is 2.05. The minimum atomic E-state index is -4.26. The zero-order valence-electron chi connectivity index (χ0n) is 9.47. The summed E-state index contributed by atoms with van der Waals surface area (Å²) < 4.78 is 42.6. The Morgan fingerprint density at radius 2 is 1.89 bits per heavy atom. The molecule has 1 aromatic carbocycles. The van der Waals surface area contributed by atoms with Crippen LogP contribution in [0.25, 0.3) is 0 Å². The van der Waals surface area contributed by atoms with Crippen LogP contribution in [0, 0.1) is 5.92 Å². The maximum atomic E-state index is 12.5. The van der Waals surface area contributed by atoms with Crippen LogP contribution >= 0.6 is 0 Å². The first kappa shape index (κ1) is 13.2. The highest BCUT2D eigenvalue weighted by molar-refractivity contribution is 6.49. The molecular formula is C12H12BF3O2.